The van der Waals surface area contributed by atoms with Crippen molar-refractivity contribution < 1.29 is 30.0 Å². The van der Waals surface area contributed by atoms with E-state index in [1.807, 2.05) is 18.2 Å². The Morgan fingerprint density at radius 3 is 2.70 bits per heavy atom. The van der Waals surface area contributed by atoms with E-state index in [-0.39, 0.29) is 19.7 Å². The van der Waals surface area contributed by atoms with E-state index in [2.05, 4.69) is 26.8 Å². The summed E-state index contributed by atoms with van der Waals surface area (Å²) in [6.45, 7) is 3.04. The van der Waals surface area contributed by atoms with Gasteiger partial charge < -0.3 is 15.6 Å². The minimum atomic E-state index is -1.22. The third kappa shape index (κ3) is 5.30. The van der Waals surface area contributed by atoms with Gasteiger partial charge in [-0.3, -0.25) is 19.4 Å². The summed E-state index contributed by atoms with van der Waals surface area (Å²) in [5.41, 5.74) is 1.69. The molecule has 11 nitrogen and oxygen atoms in total. The first kappa shape index (κ1) is 23.8. The minimum Gasteiger partial charge on any atom is -0.515 e. The Kier molecular flexibility index (Phi) is 8.00. The van der Waals surface area contributed by atoms with Gasteiger partial charge in [-0.05, 0) is 17.7 Å². The van der Waals surface area contributed by atoms with Crippen LogP contribution in [0, 0.1) is 0 Å². The molecule has 0 aliphatic rings. The van der Waals surface area contributed by atoms with Crippen LogP contribution in [0.2, 0.25) is 0 Å². The quantitative estimate of drug-likeness (QED) is 0.148. The zero-order chi connectivity index (χ0) is 23.8. The van der Waals surface area contributed by atoms with Gasteiger partial charge in [0.2, 0.25) is 5.95 Å². The molecule has 2 aromatic heterocycles. The lowest BCUT2D eigenvalue weighted by molar-refractivity contribution is -0.256. The van der Waals surface area contributed by atoms with Crippen molar-refractivity contribution in [2.24, 2.45) is 0 Å². The van der Waals surface area contributed by atoms with E-state index in [0.717, 1.165) is 6.08 Å². The van der Waals surface area contributed by atoms with Gasteiger partial charge >= 0.3 is 0 Å². The normalized spacial score (nSPS) is 12.3. The van der Waals surface area contributed by atoms with Gasteiger partial charge in [0, 0.05) is 36.6 Å². The van der Waals surface area contributed by atoms with Gasteiger partial charge in [-0.1, -0.05) is 24.8 Å². The molecule has 1 unspecified atom stereocenters. The third-order valence-electron chi connectivity index (χ3n) is 4.89. The summed E-state index contributed by atoms with van der Waals surface area (Å²) < 4.78 is 1.67. The van der Waals surface area contributed by atoms with Crippen LogP contribution in [-0.4, -0.2) is 72.6 Å². The van der Waals surface area contributed by atoms with Crippen molar-refractivity contribution in [3.8, 4) is 5.95 Å². The highest BCUT2D eigenvalue weighted by atomic mass is 17.1. The van der Waals surface area contributed by atoms with Crippen LogP contribution in [0.25, 0.3) is 22.9 Å². The predicted molar refractivity (Wildman–Crippen MR) is 119 cm³/mol. The number of carbonyl (C=O) groups is 2. The number of amides is 1. The monoisotopic (exact) mass is 453 g/mol. The van der Waals surface area contributed by atoms with Crippen LogP contribution in [0.5, 0.6) is 0 Å². The number of nitrogens with zero attached hydrogens (tertiary/aromatic N) is 4. The molecule has 0 radical (unpaired) electrons. The van der Waals surface area contributed by atoms with E-state index in [4.69, 9.17) is 10.4 Å². The molecule has 0 saturated carbocycles. The van der Waals surface area contributed by atoms with Crippen LogP contribution < -0.4 is 5.32 Å². The molecule has 1 aromatic carbocycles. The Morgan fingerprint density at radius 1 is 1.27 bits per heavy atom. The number of carbonyl (C=O) groups excluding carboxylic acids is 2. The lowest BCUT2D eigenvalue weighted by Crippen LogP contribution is -2.47. The molecule has 3 rings (SSSR count). The van der Waals surface area contributed by atoms with Gasteiger partial charge in [0.05, 0.1) is 30.5 Å². The summed E-state index contributed by atoms with van der Waals surface area (Å²) >= 11 is 0. The number of hydrogen-bond acceptors (Lipinski definition) is 9. The van der Waals surface area contributed by atoms with E-state index in [9.17, 15) is 14.8 Å². The molecule has 2 heterocycles. The average Bonchev–Trinajstić information content (AvgIpc) is 3.23. The van der Waals surface area contributed by atoms with Gasteiger partial charge in [0.15, 0.2) is 5.78 Å². The van der Waals surface area contributed by atoms with Crippen molar-refractivity contribution in [3.05, 3.63) is 72.9 Å². The summed E-state index contributed by atoms with van der Waals surface area (Å²) in [4.78, 5) is 37.8. The number of aliphatic hydroxyl groups excluding tert-OH is 1. The second kappa shape index (κ2) is 11.1. The molecule has 1 atom stereocenters. The zero-order valence-electron chi connectivity index (χ0n) is 17.5. The highest BCUT2D eigenvalue weighted by Crippen LogP contribution is 2.27. The topological polar surface area (TPSA) is 150 Å². The molecule has 0 spiro atoms. The number of ketones is 1. The maximum atomic E-state index is 13.1. The Balaban J connectivity index is 1.94. The van der Waals surface area contributed by atoms with Crippen molar-refractivity contribution in [3.63, 3.8) is 0 Å². The molecular weight excluding hydrogens is 430 g/mol. The Morgan fingerprint density at radius 2 is 2.03 bits per heavy atom. The number of hydroxylamine groups is 2. The fraction of sp³-hybridized carbons (Fsp3) is 0.182. The highest BCUT2D eigenvalue weighted by Gasteiger charge is 2.25. The molecule has 3 aromatic rings. The summed E-state index contributed by atoms with van der Waals surface area (Å²) in [6.07, 6.45) is 7.77. The largest absolute Gasteiger partial charge is 0.515 e. The second-order valence-electron chi connectivity index (χ2n) is 6.85. The van der Waals surface area contributed by atoms with Gasteiger partial charge in [0.25, 0.3) is 5.91 Å². The zero-order valence-corrected chi connectivity index (χ0v) is 17.5. The predicted octanol–water partition coefficient (Wildman–Crippen LogP) is 1.98. The SMILES string of the molecule is C=Cc1cccc2c1c(C(=O)NCC(C(=O)C=CO)N(O)CCOO)cn2-c1ncccn1. The number of nitrogens with one attached hydrogen (secondary N) is 1. The van der Waals surface area contributed by atoms with Crippen LogP contribution in [0.3, 0.4) is 0 Å². The van der Waals surface area contributed by atoms with Crippen molar-refractivity contribution >= 4 is 28.7 Å². The summed E-state index contributed by atoms with van der Waals surface area (Å²) in [5, 5.41) is 31.4. The minimum absolute atomic E-state index is 0.215. The first-order valence-corrected chi connectivity index (χ1v) is 9.90. The van der Waals surface area contributed by atoms with E-state index in [1.165, 1.54) is 0 Å². The molecule has 172 valence electrons. The van der Waals surface area contributed by atoms with Crippen molar-refractivity contribution in [2.45, 2.75) is 6.04 Å². The number of aromatic nitrogens is 3. The van der Waals surface area contributed by atoms with Gasteiger partial charge in [-0.2, -0.15) is 5.06 Å². The molecular formula is C22H23N5O6. The number of rotatable bonds is 11. The van der Waals surface area contributed by atoms with Crippen LogP contribution >= 0.6 is 0 Å². The highest BCUT2D eigenvalue weighted by molar-refractivity contribution is 6.10. The fourth-order valence-electron chi connectivity index (χ4n) is 3.35. The van der Waals surface area contributed by atoms with Crippen LogP contribution in [0.4, 0.5) is 0 Å². The third-order valence-corrected chi connectivity index (χ3v) is 4.89. The molecule has 4 N–H and O–H groups in total. The first-order chi connectivity index (χ1) is 16.0. The Hall–Kier alpha value is -3.90. The van der Waals surface area contributed by atoms with Crippen molar-refractivity contribution in [1.82, 2.24) is 24.9 Å². The average molecular weight is 453 g/mol. The summed E-state index contributed by atoms with van der Waals surface area (Å²) in [7, 11) is 0. The van der Waals surface area contributed by atoms with Crippen molar-refractivity contribution in [2.75, 3.05) is 19.7 Å². The van der Waals surface area contributed by atoms with Gasteiger partial charge in [-0.15, -0.1) is 0 Å². The molecule has 1 amide bonds. The van der Waals surface area contributed by atoms with E-state index < -0.39 is 17.7 Å². The molecule has 33 heavy (non-hydrogen) atoms. The fourth-order valence-corrected chi connectivity index (χ4v) is 3.35. The maximum absolute atomic E-state index is 13.1. The van der Waals surface area contributed by atoms with Gasteiger partial charge in [-0.25, -0.2) is 14.9 Å². The number of aliphatic hydroxyl groups is 1. The smallest absolute Gasteiger partial charge is 0.253 e. The number of hydrogen-bond donors (Lipinski definition) is 4. The number of fused-ring (bicyclic) bond motifs is 1. The molecule has 11 heteroatoms. The Bertz CT molecular complexity index is 1160. The second-order valence-corrected chi connectivity index (χ2v) is 6.85. The Labute approximate surface area is 188 Å². The molecule has 0 saturated heterocycles. The van der Waals surface area contributed by atoms with E-state index >= 15 is 0 Å². The summed E-state index contributed by atoms with van der Waals surface area (Å²) in [5.74, 6) is -0.805. The maximum Gasteiger partial charge on any atom is 0.253 e. The molecule has 0 aliphatic heterocycles. The van der Waals surface area contributed by atoms with Crippen LogP contribution in [-0.2, 0) is 9.68 Å². The molecule has 0 aliphatic carbocycles. The molecule has 0 bridgehead atoms. The number of benzene rings is 1. The van der Waals surface area contributed by atoms with Crippen molar-refractivity contribution in [1.29, 1.82) is 0 Å². The first-order valence-electron chi connectivity index (χ1n) is 9.90. The van der Waals surface area contributed by atoms with E-state index in [0.29, 0.717) is 39.3 Å². The lowest BCUT2D eigenvalue weighted by Gasteiger charge is -2.23. The lowest BCUT2D eigenvalue weighted by atomic mass is 10.1. The van der Waals surface area contributed by atoms with Crippen LogP contribution in [0.1, 0.15) is 15.9 Å². The molecule has 0 fully saturated rings. The van der Waals surface area contributed by atoms with Gasteiger partial charge in [0.1, 0.15) is 6.04 Å². The summed E-state index contributed by atoms with van der Waals surface area (Å²) in [6, 6.07) is 5.91. The standard InChI is InChI=1S/C22H23N5O6/c1-2-15-5-3-6-17-20(15)16(14-26(17)22-23-8-4-9-24-22)21(30)25-13-18(19(29)7-11-28)27(31)10-12-33-32/h2-9,11,14,18,28,31-32H,1,10,12-13H2,(H,25,30). The van der Waals surface area contributed by atoms with Crippen LogP contribution in [0.15, 0.2) is 61.8 Å². The van der Waals surface area contributed by atoms with E-state index in [1.54, 1.807) is 35.3 Å².